The predicted octanol–water partition coefficient (Wildman–Crippen LogP) is 0.276. The van der Waals surface area contributed by atoms with Crippen LogP contribution in [0.25, 0.3) is 65.7 Å². The van der Waals surface area contributed by atoms with Crippen LogP contribution in [0.1, 0.15) is 0 Å². The van der Waals surface area contributed by atoms with Gasteiger partial charge < -0.3 is 51.1 Å². The van der Waals surface area contributed by atoms with Crippen molar-refractivity contribution in [3.63, 3.8) is 0 Å². The first-order chi connectivity index (χ1) is 34.3. The summed E-state index contributed by atoms with van der Waals surface area (Å²) in [6, 6.07) is 46.5. The second-order valence-electron chi connectivity index (χ2n) is 14.9. The molecule has 416 valence electrons. The Morgan fingerprint density at radius 1 is 0.256 bits per heavy atom. The molecule has 0 unspecified atom stereocenters. The van der Waals surface area contributed by atoms with E-state index >= 15 is 0 Å². The van der Waals surface area contributed by atoms with E-state index in [-0.39, 0.29) is 54.4 Å². The van der Waals surface area contributed by atoms with Gasteiger partial charge in [-0.15, -0.1) is 0 Å². The number of rotatable bonds is 4. The van der Waals surface area contributed by atoms with Gasteiger partial charge in [-0.1, -0.05) is 97.1 Å². The summed E-state index contributed by atoms with van der Waals surface area (Å²) in [6.07, 6.45) is 7.30. The lowest BCUT2D eigenvalue weighted by atomic mass is 10.1. The molecule has 0 amide bonds. The molecular formula is C48H52N8O18S4. The molecule has 0 bridgehead atoms. The van der Waals surface area contributed by atoms with E-state index in [4.69, 9.17) is 0 Å². The van der Waals surface area contributed by atoms with Crippen molar-refractivity contribution < 1.29 is 105 Å². The van der Waals surface area contributed by atoms with E-state index in [2.05, 4.69) is 39.9 Å². The SMILES string of the molecule is O.O.O.O.O.O.O=S(=O)([O-])c1cccc2c(S(=O)(=O)[O-])cccc12.O=S(=O)([O-])c1cccc2c(S(=O)(=O)[O-])cccc12.c1ccc2[nH+]c[nH]c2c1.c1ccc2[nH+]c[nH]c2c1.c1ccc2[nH+]c[nH]c2c1.c1ccc2[nH+]c[nH]c2c1. The van der Waals surface area contributed by atoms with Crippen molar-refractivity contribution in [1.29, 1.82) is 0 Å². The molecule has 0 atom stereocenters. The zero-order chi connectivity index (χ0) is 51.5. The van der Waals surface area contributed by atoms with Crippen LogP contribution in [0.5, 0.6) is 0 Å². The van der Waals surface area contributed by atoms with Crippen LogP contribution in [0.3, 0.4) is 0 Å². The highest BCUT2D eigenvalue weighted by Crippen LogP contribution is 2.29. The van der Waals surface area contributed by atoms with Crippen molar-refractivity contribution in [3.05, 3.63) is 195 Å². The molecule has 12 rings (SSSR count). The van der Waals surface area contributed by atoms with Gasteiger partial charge in [-0.3, -0.25) is 0 Å². The third-order valence-electron chi connectivity index (χ3n) is 10.3. The minimum absolute atomic E-state index is 0. The summed E-state index contributed by atoms with van der Waals surface area (Å²) < 4.78 is 132. The second-order valence-corrected chi connectivity index (χ2v) is 20.3. The van der Waals surface area contributed by atoms with Gasteiger partial charge in [-0.2, -0.15) is 0 Å². The lowest BCUT2D eigenvalue weighted by Gasteiger charge is -2.14. The minimum atomic E-state index is -4.74. The van der Waals surface area contributed by atoms with Gasteiger partial charge in [0, 0.05) is 21.5 Å². The first-order valence-electron chi connectivity index (χ1n) is 20.9. The van der Waals surface area contributed by atoms with Crippen molar-refractivity contribution >= 4 is 106 Å². The fraction of sp³-hybridized carbons (Fsp3) is 0. The maximum absolute atomic E-state index is 11.0. The van der Waals surface area contributed by atoms with E-state index < -0.39 is 60.1 Å². The van der Waals surface area contributed by atoms with Gasteiger partial charge in [0.05, 0.1) is 19.6 Å². The van der Waals surface area contributed by atoms with Crippen LogP contribution in [-0.2, 0) is 40.5 Å². The molecule has 0 radical (unpaired) electrons. The van der Waals surface area contributed by atoms with E-state index in [1.54, 1.807) is 0 Å². The Balaban J connectivity index is 0.000000473. The van der Waals surface area contributed by atoms with Gasteiger partial charge in [0.25, 0.3) is 0 Å². The van der Waals surface area contributed by atoms with Gasteiger partial charge in [0.1, 0.15) is 40.5 Å². The molecule has 0 aliphatic rings. The average molecular weight is 1160 g/mol. The number of nitrogens with one attached hydrogen (secondary N) is 8. The van der Waals surface area contributed by atoms with Crippen LogP contribution in [-0.4, -0.2) is 105 Å². The molecule has 30 heteroatoms. The van der Waals surface area contributed by atoms with Crippen LogP contribution in [0.2, 0.25) is 0 Å². The zero-order valence-corrected chi connectivity index (χ0v) is 43.3. The monoisotopic (exact) mass is 1160 g/mol. The number of hydrogen-bond acceptors (Lipinski definition) is 12. The summed E-state index contributed by atoms with van der Waals surface area (Å²) in [6.45, 7) is 0. The van der Waals surface area contributed by atoms with Crippen LogP contribution in [0.4, 0.5) is 0 Å². The van der Waals surface area contributed by atoms with E-state index in [0.29, 0.717) is 0 Å². The van der Waals surface area contributed by atoms with Crippen molar-refractivity contribution in [2.45, 2.75) is 19.6 Å². The number of H-pyrrole nitrogens is 8. The van der Waals surface area contributed by atoms with E-state index in [9.17, 15) is 51.9 Å². The normalized spacial score (nSPS) is 10.6. The molecule has 20 N–H and O–H groups in total. The maximum atomic E-state index is 11.0. The van der Waals surface area contributed by atoms with Gasteiger partial charge in [0.2, 0.25) is 25.3 Å². The van der Waals surface area contributed by atoms with Crippen LogP contribution in [0, 0.1) is 0 Å². The van der Waals surface area contributed by atoms with Gasteiger partial charge >= 0.3 is 0 Å². The Morgan fingerprint density at radius 3 is 0.603 bits per heavy atom. The summed E-state index contributed by atoms with van der Waals surface area (Å²) in [5.41, 5.74) is 9.20. The first kappa shape index (κ1) is 67.6. The van der Waals surface area contributed by atoms with Gasteiger partial charge in [-0.05, 0) is 72.8 Å². The first-order valence-corrected chi connectivity index (χ1v) is 26.5. The number of hydrogen-bond donors (Lipinski definition) is 4. The lowest BCUT2D eigenvalue weighted by Crippen LogP contribution is -2.03. The smallest absolute Gasteiger partial charge is 0.240 e. The topological polar surface area (TPSA) is 538 Å². The summed E-state index contributed by atoms with van der Waals surface area (Å²) in [7, 11) is -19.0. The minimum Gasteiger partial charge on any atom is -0.744 e. The second kappa shape index (κ2) is 29.2. The molecule has 0 aliphatic carbocycles. The van der Waals surface area contributed by atoms with Crippen LogP contribution >= 0.6 is 0 Å². The molecule has 0 fully saturated rings. The standard InChI is InChI=1S/2C10H8O6S2.4C7H6N2.6H2O/c2*11-17(12,13)9-5-1-3-7-8(9)4-2-6-10(7)18(14,15)16;4*1-2-4-7-6(3-1)8-5-9-7;;;;;;/h2*1-6H,(H,11,12,13)(H,14,15,16);4*1-5H,(H,8,9);6*1H2. The van der Waals surface area contributed by atoms with E-state index in [1.165, 1.54) is 48.5 Å². The van der Waals surface area contributed by atoms with Gasteiger partial charge in [0.15, 0.2) is 44.1 Å². The molecule has 78 heavy (non-hydrogen) atoms. The molecule has 12 aromatic rings. The molecule has 0 saturated carbocycles. The van der Waals surface area contributed by atoms with Crippen molar-refractivity contribution in [2.24, 2.45) is 0 Å². The molecular weight excluding hydrogens is 1100 g/mol. The predicted molar refractivity (Wildman–Crippen MR) is 281 cm³/mol. The molecule has 26 nitrogen and oxygen atoms in total. The van der Waals surface area contributed by atoms with E-state index in [1.807, 2.05) is 122 Å². The highest BCUT2D eigenvalue weighted by Gasteiger charge is 2.14. The Hall–Kier alpha value is -8.44. The summed E-state index contributed by atoms with van der Waals surface area (Å²) in [5, 5.41) is -0.317. The van der Waals surface area contributed by atoms with Crippen LogP contribution < -0.4 is 19.9 Å². The Kier molecular flexibility index (Phi) is 25.3. The fourth-order valence-corrected chi connectivity index (χ4v) is 9.85. The van der Waals surface area contributed by atoms with Crippen molar-refractivity contribution in [3.8, 4) is 0 Å². The molecule has 0 spiro atoms. The number of imidazole rings is 4. The number of aromatic nitrogens is 8. The average Bonchev–Trinajstić information content (AvgIpc) is 4.21. The largest absolute Gasteiger partial charge is 0.744 e. The summed E-state index contributed by atoms with van der Waals surface area (Å²) in [4.78, 5) is 22.3. The van der Waals surface area contributed by atoms with Gasteiger partial charge in [-0.25, -0.2) is 73.5 Å². The highest BCUT2D eigenvalue weighted by molar-refractivity contribution is 7.87. The maximum Gasteiger partial charge on any atom is 0.240 e. The number of para-hydroxylation sites is 8. The highest BCUT2D eigenvalue weighted by atomic mass is 32.2. The lowest BCUT2D eigenvalue weighted by molar-refractivity contribution is -0.344. The van der Waals surface area contributed by atoms with Crippen LogP contribution in [0.15, 0.2) is 215 Å². The molecule has 4 heterocycles. The summed E-state index contributed by atoms with van der Waals surface area (Å²) >= 11 is 0. The zero-order valence-electron chi connectivity index (χ0n) is 40.0. The third-order valence-corrected chi connectivity index (χ3v) is 13.9. The Bertz CT molecular complexity index is 3620. The molecule has 8 aromatic carbocycles. The third kappa shape index (κ3) is 17.3. The Labute approximate surface area is 443 Å². The van der Waals surface area contributed by atoms with E-state index in [0.717, 1.165) is 68.4 Å². The number of aromatic amines is 8. The Morgan fingerprint density at radius 2 is 0.436 bits per heavy atom. The van der Waals surface area contributed by atoms with Crippen molar-refractivity contribution in [1.82, 2.24) is 19.9 Å². The number of fused-ring (bicyclic) bond motifs is 6. The molecule has 4 aromatic heterocycles. The number of benzene rings is 8. The molecule has 0 aliphatic heterocycles. The summed E-state index contributed by atoms with van der Waals surface area (Å²) in [5.74, 6) is 0. The van der Waals surface area contributed by atoms with Crippen molar-refractivity contribution in [2.75, 3.05) is 0 Å². The fourth-order valence-electron chi connectivity index (χ4n) is 7.08. The quantitative estimate of drug-likeness (QED) is 0.173. The molecule has 0 saturated heterocycles.